The van der Waals surface area contributed by atoms with Crippen molar-refractivity contribution in [1.29, 1.82) is 0 Å². The summed E-state index contributed by atoms with van der Waals surface area (Å²) in [5.41, 5.74) is 2.61. The number of thioether (sulfide) groups is 1. The van der Waals surface area contributed by atoms with E-state index in [9.17, 15) is 14.4 Å². The Hall–Kier alpha value is -2.80. The minimum atomic E-state index is -0.675. The fourth-order valence-corrected chi connectivity index (χ4v) is 6.22. The van der Waals surface area contributed by atoms with Gasteiger partial charge in [-0.05, 0) is 37.0 Å². The fraction of sp³-hybridized carbons (Fsp3) is 0.423. The molecule has 0 saturated carbocycles. The van der Waals surface area contributed by atoms with Crippen molar-refractivity contribution >= 4 is 29.5 Å². The fourth-order valence-electron chi connectivity index (χ4n) is 4.63. The monoisotopic (exact) mass is 465 g/mol. The average molecular weight is 466 g/mol. The molecule has 2 aromatic carbocycles. The maximum atomic E-state index is 13.6. The van der Waals surface area contributed by atoms with E-state index in [1.807, 2.05) is 82.3 Å². The normalized spacial score (nSPS) is 22.3. The molecule has 1 saturated heterocycles. The van der Waals surface area contributed by atoms with E-state index < -0.39 is 16.8 Å². The van der Waals surface area contributed by atoms with E-state index in [1.54, 1.807) is 16.7 Å². The van der Waals surface area contributed by atoms with Crippen LogP contribution in [0.5, 0.6) is 0 Å². The first-order valence-corrected chi connectivity index (χ1v) is 12.3. The minimum absolute atomic E-state index is 0.0517. The molecule has 0 radical (unpaired) electrons. The highest BCUT2D eigenvalue weighted by atomic mass is 32.2. The summed E-state index contributed by atoms with van der Waals surface area (Å²) in [5.74, 6) is -0.666. The van der Waals surface area contributed by atoms with Gasteiger partial charge in [-0.15, -0.1) is 11.8 Å². The summed E-state index contributed by atoms with van der Waals surface area (Å²) in [6.45, 7) is 8.34. The molecule has 7 heteroatoms. The predicted molar refractivity (Wildman–Crippen MR) is 130 cm³/mol. The third kappa shape index (κ3) is 4.38. The lowest BCUT2D eigenvalue weighted by molar-refractivity contribution is -0.133. The molecule has 174 valence electrons. The van der Waals surface area contributed by atoms with Gasteiger partial charge in [-0.3, -0.25) is 14.4 Å². The van der Waals surface area contributed by atoms with E-state index in [-0.39, 0.29) is 29.0 Å². The molecule has 2 aliphatic rings. The summed E-state index contributed by atoms with van der Waals surface area (Å²) >= 11 is 1.62. The van der Waals surface area contributed by atoms with E-state index in [0.717, 1.165) is 17.5 Å². The zero-order valence-corrected chi connectivity index (χ0v) is 20.3. The van der Waals surface area contributed by atoms with Crippen LogP contribution in [0.3, 0.4) is 0 Å². The van der Waals surface area contributed by atoms with Crippen LogP contribution >= 0.6 is 11.8 Å². The number of amides is 3. The molecule has 4 rings (SSSR count). The third-order valence-electron chi connectivity index (χ3n) is 6.65. The number of fused-ring (bicyclic) bond motifs is 3. The van der Waals surface area contributed by atoms with Crippen LogP contribution in [0.15, 0.2) is 54.6 Å². The Morgan fingerprint density at radius 3 is 2.45 bits per heavy atom. The zero-order chi connectivity index (χ0) is 23.8. The van der Waals surface area contributed by atoms with Crippen molar-refractivity contribution in [3.63, 3.8) is 0 Å². The molecule has 33 heavy (non-hydrogen) atoms. The van der Waals surface area contributed by atoms with E-state index in [0.29, 0.717) is 12.1 Å². The molecule has 2 heterocycles. The summed E-state index contributed by atoms with van der Waals surface area (Å²) in [5, 5.41) is 5.78. The second kappa shape index (κ2) is 9.21. The Morgan fingerprint density at radius 1 is 1.09 bits per heavy atom. The van der Waals surface area contributed by atoms with Crippen LogP contribution in [0.1, 0.15) is 61.0 Å². The molecule has 0 bridgehead atoms. The standard InChI is InChI=1S/C26H31N3O3S/c1-5-16(2)20(22(30)27-15-17-11-7-6-8-12-17)28-23(31)21-26(3,4)33-25-19-14-10-9-13-18(19)24(32)29(21)25/h6-14,16,20-21,25H,5,15H2,1-4H3,(H,27,30)(H,28,31)/t16-,20+,21+,25-/m1/s1. The minimum Gasteiger partial charge on any atom is -0.350 e. The smallest absolute Gasteiger partial charge is 0.256 e. The van der Waals surface area contributed by atoms with Crippen molar-refractivity contribution in [2.24, 2.45) is 5.92 Å². The molecule has 0 spiro atoms. The SMILES string of the molecule is CC[C@@H](C)[C@H](NC(=O)[C@@H]1N2C(=O)c3ccccc3[C@H]2SC1(C)C)C(=O)NCc1ccccc1. The molecule has 2 N–H and O–H groups in total. The summed E-state index contributed by atoms with van der Waals surface area (Å²) in [6.07, 6.45) is 0.739. The number of carbonyl (C=O) groups is 3. The highest BCUT2D eigenvalue weighted by molar-refractivity contribution is 8.01. The van der Waals surface area contributed by atoms with Crippen LogP contribution in [-0.4, -0.2) is 39.5 Å². The number of nitrogens with one attached hydrogen (secondary N) is 2. The topological polar surface area (TPSA) is 78.5 Å². The summed E-state index contributed by atoms with van der Waals surface area (Å²) in [4.78, 5) is 41.6. The molecule has 3 amide bonds. The van der Waals surface area contributed by atoms with Crippen molar-refractivity contribution in [3.8, 4) is 0 Å². The van der Waals surface area contributed by atoms with Crippen LogP contribution in [0, 0.1) is 5.92 Å². The molecule has 6 nitrogen and oxygen atoms in total. The first-order chi connectivity index (χ1) is 15.7. The van der Waals surface area contributed by atoms with Gasteiger partial charge in [0, 0.05) is 16.9 Å². The Bertz CT molecular complexity index is 1060. The highest BCUT2D eigenvalue weighted by Gasteiger charge is 2.57. The number of benzene rings is 2. The number of carbonyl (C=O) groups excluding carboxylic acids is 3. The zero-order valence-electron chi connectivity index (χ0n) is 19.5. The molecule has 2 aromatic rings. The van der Waals surface area contributed by atoms with Crippen LogP contribution in [-0.2, 0) is 16.1 Å². The lowest BCUT2D eigenvalue weighted by atomic mass is 9.95. The Balaban J connectivity index is 1.53. The van der Waals surface area contributed by atoms with Crippen molar-refractivity contribution < 1.29 is 14.4 Å². The lowest BCUT2D eigenvalue weighted by Crippen LogP contribution is -2.58. The van der Waals surface area contributed by atoms with Gasteiger partial charge in [0.05, 0.1) is 0 Å². The highest BCUT2D eigenvalue weighted by Crippen LogP contribution is 2.56. The second-order valence-electron chi connectivity index (χ2n) is 9.35. The van der Waals surface area contributed by atoms with Crippen LogP contribution in [0.2, 0.25) is 0 Å². The first-order valence-electron chi connectivity index (χ1n) is 11.5. The van der Waals surface area contributed by atoms with Crippen molar-refractivity contribution in [3.05, 3.63) is 71.3 Å². The van der Waals surface area contributed by atoms with Gasteiger partial charge < -0.3 is 15.5 Å². The largest absolute Gasteiger partial charge is 0.350 e. The first kappa shape index (κ1) is 23.4. The van der Waals surface area contributed by atoms with E-state index in [1.165, 1.54) is 0 Å². The summed E-state index contributed by atoms with van der Waals surface area (Å²) in [7, 11) is 0. The number of hydrogen-bond donors (Lipinski definition) is 2. The number of rotatable bonds is 7. The molecule has 4 atom stereocenters. The molecule has 0 aromatic heterocycles. The van der Waals surface area contributed by atoms with E-state index in [2.05, 4.69) is 10.6 Å². The van der Waals surface area contributed by atoms with Gasteiger partial charge in [0.1, 0.15) is 17.5 Å². The molecular formula is C26H31N3O3S. The summed E-state index contributed by atoms with van der Waals surface area (Å²) in [6, 6.07) is 15.9. The van der Waals surface area contributed by atoms with E-state index in [4.69, 9.17) is 0 Å². The molecule has 2 aliphatic heterocycles. The molecule has 1 fully saturated rings. The van der Waals surface area contributed by atoms with Gasteiger partial charge in [-0.1, -0.05) is 68.8 Å². The van der Waals surface area contributed by atoms with E-state index >= 15 is 0 Å². The van der Waals surface area contributed by atoms with Crippen LogP contribution in [0.25, 0.3) is 0 Å². The van der Waals surface area contributed by atoms with Crippen molar-refractivity contribution in [1.82, 2.24) is 15.5 Å². The predicted octanol–water partition coefficient (Wildman–Crippen LogP) is 3.88. The van der Waals surface area contributed by atoms with Gasteiger partial charge in [0.25, 0.3) is 5.91 Å². The summed E-state index contributed by atoms with van der Waals surface area (Å²) < 4.78 is -0.488. The number of hydrogen-bond acceptors (Lipinski definition) is 4. The average Bonchev–Trinajstić information content (AvgIpc) is 3.24. The van der Waals surface area contributed by atoms with Crippen LogP contribution in [0.4, 0.5) is 0 Å². The second-order valence-corrected chi connectivity index (χ2v) is 11.1. The molecule has 0 unspecified atom stereocenters. The van der Waals surface area contributed by atoms with Gasteiger partial charge in [0.2, 0.25) is 11.8 Å². The lowest BCUT2D eigenvalue weighted by Gasteiger charge is -2.32. The van der Waals surface area contributed by atoms with Crippen molar-refractivity contribution in [2.75, 3.05) is 0 Å². The van der Waals surface area contributed by atoms with Gasteiger partial charge in [0.15, 0.2) is 0 Å². The quantitative estimate of drug-likeness (QED) is 0.651. The van der Waals surface area contributed by atoms with Crippen LogP contribution < -0.4 is 10.6 Å². The molecular weight excluding hydrogens is 434 g/mol. The van der Waals surface area contributed by atoms with Gasteiger partial charge in [-0.25, -0.2) is 0 Å². The maximum Gasteiger partial charge on any atom is 0.256 e. The van der Waals surface area contributed by atoms with Gasteiger partial charge >= 0.3 is 0 Å². The van der Waals surface area contributed by atoms with Gasteiger partial charge in [-0.2, -0.15) is 0 Å². The molecule has 0 aliphatic carbocycles. The number of nitrogens with zero attached hydrogens (tertiary/aromatic N) is 1. The Kier molecular flexibility index (Phi) is 6.52. The maximum absolute atomic E-state index is 13.6. The Labute approximate surface area is 199 Å². The van der Waals surface area contributed by atoms with Crippen molar-refractivity contribution in [2.45, 2.75) is 62.9 Å². The Morgan fingerprint density at radius 2 is 1.76 bits per heavy atom. The third-order valence-corrected chi connectivity index (χ3v) is 8.18.